The first-order valence-corrected chi connectivity index (χ1v) is 31.0. The second-order valence-corrected chi connectivity index (χ2v) is 26.8. The molecule has 0 aromatic heterocycles. The van der Waals surface area contributed by atoms with Crippen LogP contribution in [0.5, 0.6) is 0 Å². The second kappa shape index (κ2) is 34.6. The van der Waals surface area contributed by atoms with Gasteiger partial charge in [-0.3, -0.25) is 52.7 Å². The van der Waals surface area contributed by atoms with Gasteiger partial charge in [-0.2, -0.15) is 0 Å². The summed E-state index contributed by atoms with van der Waals surface area (Å²) in [5.74, 6) is -10.3. The van der Waals surface area contributed by atoms with Gasteiger partial charge in [-0.05, 0) is 88.4 Å². The number of amides is 11. The maximum atomic E-state index is 15.0. The number of aliphatic hydroxyl groups excluding tert-OH is 2. The number of aliphatic hydroxyl groups is 2. The largest absolute Gasteiger partial charge is 0.396 e. The summed E-state index contributed by atoms with van der Waals surface area (Å²) in [5, 5.41) is 36.3. The van der Waals surface area contributed by atoms with Crippen LogP contribution in [0.15, 0.2) is 0 Å². The van der Waals surface area contributed by atoms with Crippen LogP contribution in [0.4, 0.5) is 0 Å². The third kappa shape index (κ3) is 20.9. The standard InChI is InChI=1S/C62H113N11O13/c1-25-27-28-38(13)49(75)47-53(78)65-42(26-2)58(83)68(19)41(16)57(82)73(24)50(62(17,18)32-74)55(80)66-46(36(9)10)61(86)69(20)43(29-33(3)4)52(77)63-39(14)51(76)64-40(15)56(81)70(21)44(30-34(5)6)59(84)71(22)45(31-35(7)8)60(85)72(23)48(37(11)12)54(79)67-47/h33-50,74-75H,25-32H2,1-24H3,(H,63,77)(H,64,76)(H,65,78)(H,66,80)(H,67,79)/t38-,39+,40-,41-,42+,43+,44+,45+,46+,47+,48+,49-,50-/m1/s1. The van der Waals surface area contributed by atoms with Gasteiger partial charge < -0.3 is 66.2 Å². The van der Waals surface area contributed by atoms with Crippen molar-refractivity contribution in [3.05, 3.63) is 0 Å². The fraction of sp³-hybridized carbons (Fsp3) is 0.823. The Labute approximate surface area is 514 Å². The highest BCUT2D eigenvalue weighted by atomic mass is 16.3. The quantitative estimate of drug-likeness (QED) is 0.117. The van der Waals surface area contributed by atoms with Crippen molar-refractivity contribution in [2.75, 3.05) is 48.9 Å². The van der Waals surface area contributed by atoms with Crippen molar-refractivity contribution in [1.82, 2.24) is 56.0 Å². The number of likely N-dealkylation sites (N-methyl/N-ethyl adjacent to an activating group) is 6. The molecule has 1 aliphatic heterocycles. The molecule has 0 aliphatic carbocycles. The lowest BCUT2D eigenvalue weighted by atomic mass is 9.83. The van der Waals surface area contributed by atoms with E-state index < -0.39 is 167 Å². The fourth-order valence-electron chi connectivity index (χ4n) is 11.0. The van der Waals surface area contributed by atoms with Crippen LogP contribution in [0.2, 0.25) is 0 Å². The zero-order valence-corrected chi connectivity index (χ0v) is 56.6. The van der Waals surface area contributed by atoms with Crippen molar-refractivity contribution in [1.29, 1.82) is 0 Å². The molecule has 0 radical (unpaired) electrons. The maximum absolute atomic E-state index is 15.0. The molecule has 13 atom stereocenters. The van der Waals surface area contributed by atoms with Gasteiger partial charge >= 0.3 is 0 Å². The van der Waals surface area contributed by atoms with E-state index in [0.717, 1.165) is 16.2 Å². The summed E-state index contributed by atoms with van der Waals surface area (Å²) in [6.45, 7) is 30.0. The van der Waals surface area contributed by atoms with Crippen LogP contribution in [0, 0.1) is 40.9 Å². The molecule has 1 fully saturated rings. The predicted octanol–water partition coefficient (Wildman–Crippen LogP) is 2.51. The molecule has 0 unspecified atom stereocenters. The van der Waals surface area contributed by atoms with Crippen LogP contribution >= 0.6 is 0 Å². The Kier molecular flexibility index (Phi) is 31.4. The van der Waals surface area contributed by atoms with Gasteiger partial charge in [0.1, 0.15) is 66.5 Å². The molecule has 24 heteroatoms. The van der Waals surface area contributed by atoms with E-state index in [0.29, 0.717) is 12.8 Å². The van der Waals surface area contributed by atoms with Crippen molar-refractivity contribution in [3.8, 4) is 0 Å². The molecule has 7 N–H and O–H groups in total. The molecule has 494 valence electrons. The summed E-state index contributed by atoms with van der Waals surface area (Å²) in [5.41, 5.74) is -1.36. The number of rotatable bonds is 16. The minimum atomic E-state index is -1.66. The zero-order chi connectivity index (χ0) is 66.9. The summed E-state index contributed by atoms with van der Waals surface area (Å²) in [4.78, 5) is 168. The first kappa shape index (κ1) is 78.1. The van der Waals surface area contributed by atoms with Gasteiger partial charge in [-0.25, -0.2) is 0 Å². The lowest BCUT2D eigenvalue weighted by Gasteiger charge is -2.41. The topological polar surface area (TPSA) is 308 Å². The summed E-state index contributed by atoms with van der Waals surface area (Å²) < 4.78 is 0. The molecule has 1 rings (SSSR count). The molecule has 86 heavy (non-hydrogen) atoms. The molecule has 0 saturated carbocycles. The number of nitrogens with zero attached hydrogens (tertiary/aromatic N) is 6. The second-order valence-electron chi connectivity index (χ2n) is 26.8. The van der Waals surface area contributed by atoms with Crippen LogP contribution in [0.25, 0.3) is 0 Å². The molecule has 1 saturated heterocycles. The van der Waals surface area contributed by atoms with Crippen LogP contribution in [0.1, 0.15) is 170 Å². The summed E-state index contributed by atoms with van der Waals surface area (Å²) >= 11 is 0. The van der Waals surface area contributed by atoms with Gasteiger partial charge in [-0.15, -0.1) is 0 Å². The number of hydrogen-bond donors (Lipinski definition) is 7. The third-order valence-corrected chi connectivity index (χ3v) is 16.7. The van der Waals surface area contributed by atoms with E-state index >= 15 is 4.79 Å². The fourth-order valence-corrected chi connectivity index (χ4v) is 11.0. The van der Waals surface area contributed by atoms with E-state index in [1.165, 1.54) is 82.7 Å². The Morgan fingerprint density at radius 1 is 0.465 bits per heavy atom. The number of carbonyl (C=O) groups is 11. The monoisotopic (exact) mass is 1220 g/mol. The molecule has 1 heterocycles. The minimum absolute atomic E-state index is 0.0144. The highest BCUT2D eigenvalue weighted by molar-refractivity contribution is 6.00. The molecule has 24 nitrogen and oxygen atoms in total. The number of nitrogens with one attached hydrogen (secondary N) is 5. The summed E-state index contributed by atoms with van der Waals surface area (Å²) in [7, 11) is 8.37. The Hall–Kier alpha value is -5.91. The van der Waals surface area contributed by atoms with Gasteiger partial charge in [0.25, 0.3) is 0 Å². The van der Waals surface area contributed by atoms with Gasteiger partial charge in [0.15, 0.2) is 0 Å². The summed E-state index contributed by atoms with van der Waals surface area (Å²) in [6, 6.07) is -14.3. The van der Waals surface area contributed by atoms with E-state index in [2.05, 4.69) is 26.6 Å². The molecule has 0 aromatic rings. The Morgan fingerprint density at radius 3 is 1.37 bits per heavy atom. The molecule has 1 aliphatic rings. The van der Waals surface area contributed by atoms with Gasteiger partial charge in [-0.1, -0.05) is 117 Å². The number of carbonyl (C=O) groups excluding carboxylic acids is 11. The number of hydrogen-bond acceptors (Lipinski definition) is 13. The zero-order valence-electron chi connectivity index (χ0n) is 56.6. The van der Waals surface area contributed by atoms with E-state index in [9.17, 15) is 58.2 Å². The highest BCUT2D eigenvalue weighted by Crippen LogP contribution is 2.28. The van der Waals surface area contributed by atoms with Crippen molar-refractivity contribution < 1.29 is 63.0 Å². The predicted molar refractivity (Wildman–Crippen MR) is 330 cm³/mol. The van der Waals surface area contributed by atoms with Crippen molar-refractivity contribution in [3.63, 3.8) is 0 Å². The van der Waals surface area contributed by atoms with Crippen LogP contribution in [0.3, 0.4) is 0 Å². The van der Waals surface area contributed by atoms with Crippen LogP contribution in [-0.2, 0) is 52.7 Å². The highest BCUT2D eigenvalue weighted by Gasteiger charge is 2.47. The molecular weight excluding hydrogens is 1110 g/mol. The van der Waals surface area contributed by atoms with E-state index in [4.69, 9.17) is 0 Å². The lowest BCUT2D eigenvalue weighted by molar-refractivity contribution is -0.154. The van der Waals surface area contributed by atoms with Gasteiger partial charge in [0.05, 0.1) is 12.7 Å². The van der Waals surface area contributed by atoms with Crippen molar-refractivity contribution in [2.45, 2.75) is 242 Å². The van der Waals surface area contributed by atoms with Gasteiger partial charge in [0.2, 0.25) is 65.0 Å². The minimum Gasteiger partial charge on any atom is -0.396 e. The van der Waals surface area contributed by atoms with E-state index in [1.54, 1.807) is 55.4 Å². The Morgan fingerprint density at radius 2 is 0.919 bits per heavy atom. The molecule has 0 spiro atoms. The van der Waals surface area contributed by atoms with Crippen LogP contribution in [-0.4, -0.2) is 226 Å². The SMILES string of the molecule is CCCC[C@@H](C)[C@@H](O)[C@@H]1NC(=O)[C@H](C(C)C)N(C)C(=O)[C@H](CC(C)C)N(C)C(=O)[C@H](CC(C)C)N(C)C(=O)[C@@H](C)NC(=O)[C@H](C)NC(=O)[C@H](CC(C)C)N(C)C(=O)[C@H](C(C)C)NC(=O)[C@H](C(C)(C)CO)N(C)C(=O)[C@@H](C)N(C)C(=O)[C@H](CC)NC1=O. The molecule has 0 aromatic carbocycles. The Bertz CT molecular complexity index is 2330. The van der Waals surface area contributed by atoms with E-state index in [-0.39, 0.29) is 43.4 Å². The maximum Gasteiger partial charge on any atom is 0.245 e. The Balaban J connectivity index is 4.36. The summed E-state index contributed by atoms with van der Waals surface area (Å²) in [6.07, 6.45) is 0.810. The van der Waals surface area contributed by atoms with Crippen molar-refractivity contribution in [2.24, 2.45) is 40.9 Å². The smallest absolute Gasteiger partial charge is 0.245 e. The van der Waals surface area contributed by atoms with Crippen molar-refractivity contribution >= 4 is 65.0 Å². The molecule has 11 amide bonds. The lowest BCUT2D eigenvalue weighted by Crippen LogP contribution is -2.64. The average Bonchev–Trinajstić information content (AvgIpc) is 2.28. The molecular formula is C62H113N11O13. The first-order valence-electron chi connectivity index (χ1n) is 31.0. The van der Waals surface area contributed by atoms with Gasteiger partial charge in [0, 0.05) is 47.7 Å². The third-order valence-electron chi connectivity index (χ3n) is 16.7. The molecule has 0 bridgehead atoms. The van der Waals surface area contributed by atoms with E-state index in [1.807, 2.05) is 48.5 Å². The first-order chi connectivity index (χ1) is 39.6. The number of unbranched alkanes of at least 4 members (excludes halogenated alkanes) is 1. The normalized spacial score (nSPS) is 27.5. The van der Waals surface area contributed by atoms with Crippen LogP contribution < -0.4 is 26.6 Å². The average molecular weight is 1220 g/mol.